The third kappa shape index (κ3) is 4.60. The van der Waals surface area contributed by atoms with Gasteiger partial charge in [-0.3, -0.25) is 4.57 Å². The molecule has 0 fully saturated rings. The number of pyridine rings is 1. The number of nitrogens with one attached hydrogen (secondary N) is 1. The normalized spacial score (nSPS) is 12.0. The second kappa shape index (κ2) is 7.67. The molecular formula is C15H23N5O2S. The summed E-state index contributed by atoms with van der Waals surface area (Å²) in [5, 5.41) is 0. The van der Waals surface area contributed by atoms with Crippen LogP contribution in [0, 0.1) is 6.92 Å². The van der Waals surface area contributed by atoms with Crippen LogP contribution in [0.25, 0.3) is 5.82 Å². The van der Waals surface area contributed by atoms with Gasteiger partial charge in [-0.1, -0.05) is 13.3 Å². The maximum Gasteiger partial charge on any atom is 0.279 e. The van der Waals surface area contributed by atoms with Gasteiger partial charge in [-0.2, -0.15) is 17.4 Å². The van der Waals surface area contributed by atoms with Crippen LogP contribution >= 0.6 is 0 Å². The van der Waals surface area contributed by atoms with Crippen molar-refractivity contribution in [2.24, 2.45) is 0 Å². The van der Waals surface area contributed by atoms with Gasteiger partial charge in [-0.15, -0.1) is 0 Å². The molecule has 0 aromatic carbocycles. The number of imidazole rings is 1. The zero-order chi connectivity index (χ0) is 16.9. The van der Waals surface area contributed by atoms with Gasteiger partial charge in [0.05, 0.1) is 0 Å². The zero-order valence-electron chi connectivity index (χ0n) is 13.7. The van der Waals surface area contributed by atoms with Crippen LogP contribution in [0.15, 0.2) is 30.7 Å². The first-order chi connectivity index (χ1) is 10.9. The summed E-state index contributed by atoms with van der Waals surface area (Å²) < 4.78 is 30.1. The highest BCUT2D eigenvalue weighted by molar-refractivity contribution is 7.87. The van der Waals surface area contributed by atoms with Gasteiger partial charge >= 0.3 is 0 Å². The van der Waals surface area contributed by atoms with Crippen LogP contribution in [0.2, 0.25) is 0 Å². The van der Waals surface area contributed by atoms with E-state index < -0.39 is 10.2 Å². The molecule has 1 N–H and O–H groups in total. The summed E-state index contributed by atoms with van der Waals surface area (Å²) in [4.78, 5) is 8.46. The van der Waals surface area contributed by atoms with E-state index in [9.17, 15) is 8.42 Å². The Morgan fingerprint density at radius 3 is 2.74 bits per heavy atom. The van der Waals surface area contributed by atoms with E-state index >= 15 is 0 Å². The molecule has 0 radical (unpaired) electrons. The molecule has 8 heteroatoms. The molecule has 0 bridgehead atoms. The van der Waals surface area contributed by atoms with E-state index in [1.165, 1.54) is 4.31 Å². The van der Waals surface area contributed by atoms with Crippen molar-refractivity contribution in [1.82, 2.24) is 23.6 Å². The van der Waals surface area contributed by atoms with E-state index in [0.717, 1.165) is 30.0 Å². The maximum absolute atomic E-state index is 12.2. The zero-order valence-corrected chi connectivity index (χ0v) is 14.5. The molecule has 0 aliphatic heterocycles. The van der Waals surface area contributed by atoms with Crippen LogP contribution in [0.5, 0.6) is 0 Å². The van der Waals surface area contributed by atoms with Crippen LogP contribution in [0.3, 0.4) is 0 Å². The number of hydrogen-bond acceptors (Lipinski definition) is 4. The second-order valence-electron chi connectivity index (χ2n) is 5.37. The van der Waals surface area contributed by atoms with Gasteiger partial charge in [0, 0.05) is 38.7 Å². The minimum atomic E-state index is -3.46. The molecule has 0 unspecified atom stereocenters. The van der Waals surface area contributed by atoms with E-state index in [2.05, 4.69) is 14.7 Å². The molecular weight excluding hydrogens is 314 g/mol. The van der Waals surface area contributed by atoms with Crippen LogP contribution in [-0.2, 0) is 16.8 Å². The molecule has 0 saturated carbocycles. The smallest absolute Gasteiger partial charge is 0.279 e. The van der Waals surface area contributed by atoms with Gasteiger partial charge in [0.25, 0.3) is 10.2 Å². The molecule has 7 nitrogen and oxygen atoms in total. The molecule has 23 heavy (non-hydrogen) atoms. The number of nitrogens with zero attached hydrogens (tertiary/aromatic N) is 4. The van der Waals surface area contributed by atoms with Crippen molar-refractivity contribution in [3.05, 3.63) is 42.1 Å². The first kappa shape index (κ1) is 17.6. The highest BCUT2D eigenvalue weighted by Gasteiger charge is 2.16. The van der Waals surface area contributed by atoms with Crippen LogP contribution < -0.4 is 4.72 Å². The molecule has 0 aliphatic rings. The minimum Gasteiger partial charge on any atom is -0.288 e. The lowest BCUT2D eigenvalue weighted by molar-refractivity contribution is 0.448. The molecule has 2 heterocycles. The molecule has 0 spiro atoms. The Morgan fingerprint density at radius 1 is 1.30 bits per heavy atom. The molecule has 0 atom stereocenters. The van der Waals surface area contributed by atoms with E-state index in [4.69, 9.17) is 0 Å². The van der Waals surface area contributed by atoms with Crippen LogP contribution in [-0.4, -0.2) is 40.9 Å². The summed E-state index contributed by atoms with van der Waals surface area (Å²) in [6.07, 6.45) is 6.99. The van der Waals surface area contributed by atoms with Crippen molar-refractivity contribution in [2.45, 2.75) is 33.2 Å². The Morgan fingerprint density at radius 2 is 2.09 bits per heavy atom. The first-order valence-corrected chi connectivity index (χ1v) is 9.04. The number of rotatable bonds is 8. The summed E-state index contributed by atoms with van der Waals surface area (Å²) in [6, 6.07) is 3.65. The van der Waals surface area contributed by atoms with Crippen LogP contribution in [0.1, 0.15) is 31.2 Å². The predicted octanol–water partition coefficient (Wildman–Crippen LogP) is 1.64. The molecule has 0 amide bonds. The molecule has 2 rings (SSSR count). The molecule has 2 aromatic heterocycles. The van der Waals surface area contributed by atoms with Crippen molar-refractivity contribution in [1.29, 1.82) is 0 Å². The fourth-order valence-electron chi connectivity index (χ4n) is 2.11. The Kier molecular flexibility index (Phi) is 5.86. The topological polar surface area (TPSA) is 80.1 Å². The monoisotopic (exact) mass is 337 g/mol. The van der Waals surface area contributed by atoms with Gasteiger partial charge in [0.1, 0.15) is 11.6 Å². The van der Waals surface area contributed by atoms with Gasteiger partial charge < -0.3 is 0 Å². The Bertz CT molecular complexity index is 742. The molecule has 0 aliphatic carbocycles. The van der Waals surface area contributed by atoms with Gasteiger partial charge in [-0.05, 0) is 31.0 Å². The lowest BCUT2D eigenvalue weighted by atomic mass is 10.2. The van der Waals surface area contributed by atoms with Crippen LogP contribution in [0.4, 0.5) is 0 Å². The standard InChI is InChI=1S/C15H23N5O2S/c1-4-5-9-19(3)23(21,22)18-12-14-6-7-17-15(11-14)20-10-8-16-13(20)2/h6-8,10-11,18H,4-5,9,12H2,1-3H3. The number of aromatic nitrogens is 3. The Hall–Kier alpha value is -1.77. The summed E-state index contributed by atoms with van der Waals surface area (Å²) in [7, 11) is -1.87. The molecule has 126 valence electrons. The summed E-state index contributed by atoms with van der Waals surface area (Å²) in [6.45, 7) is 4.66. The average Bonchev–Trinajstić information content (AvgIpc) is 2.97. The summed E-state index contributed by atoms with van der Waals surface area (Å²) in [5.41, 5.74) is 0.843. The number of aryl methyl sites for hydroxylation is 1. The van der Waals surface area contributed by atoms with Gasteiger partial charge in [0.2, 0.25) is 0 Å². The minimum absolute atomic E-state index is 0.224. The Balaban J connectivity index is 2.05. The van der Waals surface area contributed by atoms with E-state index in [-0.39, 0.29) is 6.54 Å². The van der Waals surface area contributed by atoms with E-state index in [0.29, 0.717) is 6.54 Å². The van der Waals surface area contributed by atoms with Crippen molar-refractivity contribution in [3.63, 3.8) is 0 Å². The number of unbranched alkanes of at least 4 members (excludes halogenated alkanes) is 1. The van der Waals surface area contributed by atoms with Crippen molar-refractivity contribution in [3.8, 4) is 5.82 Å². The third-order valence-electron chi connectivity index (χ3n) is 3.58. The maximum atomic E-state index is 12.2. The lowest BCUT2D eigenvalue weighted by Crippen LogP contribution is -2.38. The first-order valence-electron chi connectivity index (χ1n) is 7.60. The summed E-state index contributed by atoms with van der Waals surface area (Å²) >= 11 is 0. The van der Waals surface area contributed by atoms with Crippen molar-refractivity contribution in [2.75, 3.05) is 13.6 Å². The fourth-order valence-corrected chi connectivity index (χ4v) is 3.05. The largest absolute Gasteiger partial charge is 0.288 e. The highest BCUT2D eigenvalue weighted by atomic mass is 32.2. The SMILES string of the molecule is CCCCN(C)S(=O)(=O)NCc1ccnc(-n2ccnc2C)c1. The lowest BCUT2D eigenvalue weighted by Gasteiger charge is -2.17. The van der Waals surface area contributed by atoms with Crippen molar-refractivity contribution >= 4 is 10.2 Å². The van der Waals surface area contributed by atoms with Gasteiger partial charge in [0.15, 0.2) is 0 Å². The highest BCUT2D eigenvalue weighted by Crippen LogP contribution is 2.10. The summed E-state index contributed by atoms with van der Waals surface area (Å²) in [5.74, 6) is 1.55. The number of hydrogen-bond donors (Lipinski definition) is 1. The third-order valence-corrected chi connectivity index (χ3v) is 5.09. The average molecular weight is 337 g/mol. The fraction of sp³-hybridized carbons (Fsp3) is 0.467. The van der Waals surface area contributed by atoms with Crippen molar-refractivity contribution < 1.29 is 8.42 Å². The van der Waals surface area contributed by atoms with E-state index in [1.807, 2.05) is 30.7 Å². The van der Waals surface area contributed by atoms with E-state index in [1.54, 1.807) is 25.5 Å². The second-order valence-corrected chi connectivity index (χ2v) is 7.23. The predicted molar refractivity (Wildman–Crippen MR) is 89.4 cm³/mol. The quantitative estimate of drug-likeness (QED) is 0.794. The molecule has 2 aromatic rings. The molecule has 0 saturated heterocycles. The van der Waals surface area contributed by atoms with Gasteiger partial charge in [-0.25, -0.2) is 9.97 Å². The Labute approximate surface area is 137 Å².